The maximum Gasteiger partial charge on any atom is 0.295 e. The van der Waals surface area contributed by atoms with E-state index in [0.29, 0.717) is 47.9 Å². The van der Waals surface area contributed by atoms with Gasteiger partial charge in [-0.25, -0.2) is 0 Å². The summed E-state index contributed by atoms with van der Waals surface area (Å²) in [4.78, 5) is 28.4. The number of ketones is 1. The van der Waals surface area contributed by atoms with Gasteiger partial charge in [0, 0.05) is 12.1 Å². The summed E-state index contributed by atoms with van der Waals surface area (Å²) in [6, 6.07) is 32.5. The Morgan fingerprint density at radius 2 is 1.46 bits per heavy atom. The standard InChI is InChI=1S/C33H29NO5/c1-2-38-27-17-10-14-25(22-27)31(35)29-30(24-13-9-18-28(21-24)39-26-15-7-4-8-16-26)34(33(37)32(29)36)20-19-23-11-5-3-6-12-23/h3-18,21-22,30,35H,2,19-20H2,1H3/b31-29+. The summed E-state index contributed by atoms with van der Waals surface area (Å²) in [5.41, 5.74) is 2.16. The maximum absolute atomic E-state index is 13.4. The molecule has 0 saturated carbocycles. The first kappa shape index (κ1) is 25.8. The van der Waals surface area contributed by atoms with Crippen LogP contribution in [-0.4, -0.2) is 34.8 Å². The SMILES string of the molecule is CCOc1cccc(/C(O)=C2\C(=O)C(=O)N(CCc3ccccc3)C2c2cccc(Oc3ccccc3)c2)c1. The third-order valence-electron chi connectivity index (χ3n) is 6.60. The van der Waals surface area contributed by atoms with E-state index in [4.69, 9.17) is 9.47 Å². The molecule has 0 bridgehead atoms. The quantitative estimate of drug-likeness (QED) is 0.154. The third-order valence-corrected chi connectivity index (χ3v) is 6.60. The summed E-state index contributed by atoms with van der Waals surface area (Å²) in [6.45, 7) is 2.64. The highest BCUT2D eigenvalue weighted by Gasteiger charge is 2.46. The fourth-order valence-corrected chi connectivity index (χ4v) is 4.78. The van der Waals surface area contributed by atoms with Crippen LogP contribution in [0.4, 0.5) is 0 Å². The molecule has 0 radical (unpaired) electrons. The van der Waals surface area contributed by atoms with E-state index in [1.807, 2.05) is 91.9 Å². The molecule has 1 fully saturated rings. The average molecular weight is 520 g/mol. The molecule has 1 amide bonds. The van der Waals surface area contributed by atoms with Crippen LogP contribution < -0.4 is 9.47 Å². The number of carbonyl (C=O) groups excluding carboxylic acids is 2. The van der Waals surface area contributed by atoms with Gasteiger partial charge in [0.2, 0.25) is 0 Å². The second-order valence-electron chi connectivity index (χ2n) is 9.18. The van der Waals surface area contributed by atoms with Gasteiger partial charge >= 0.3 is 0 Å². The zero-order chi connectivity index (χ0) is 27.2. The maximum atomic E-state index is 13.4. The van der Waals surface area contributed by atoms with Gasteiger partial charge in [0.15, 0.2) is 0 Å². The molecular formula is C33H29NO5. The van der Waals surface area contributed by atoms with Crippen LogP contribution in [0.25, 0.3) is 5.76 Å². The van der Waals surface area contributed by atoms with Gasteiger partial charge < -0.3 is 19.5 Å². The van der Waals surface area contributed by atoms with E-state index >= 15 is 0 Å². The number of hydrogen-bond donors (Lipinski definition) is 1. The topological polar surface area (TPSA) is 76.1 Å². The molecule has 39 heavy (non-hydrogen) atoms. The molecule has 0 spiro atoms. The Kier molecular flexibility index (Phi) is 7.73. The molecule has 1 aliphatic heterocycles. The molecule has 6 heteroatoms. The van der Waals surface area contributed by atoms with Crippen molar-refractivity contribution in [2.45, 2.75) is 19.4 Å². The number of aliphatic hydroxyl groups excluding tert-OH is 1. The molecule has 4 aromatic rings. The fourth-order valence-electron chi connectivity index (χ4n) is 4.78. The molecule has 1 heterocycles. The van der Waals surface area contributed by atoms with E-state index in [1.165, 1.54) is 4.90 Å². The lowest BCUT2D eigenvalue weighted by Gasteiger charge is -2.26. The molecule has 5 rings (SSSR count). The first-order chi connectivity index (χ1) is 19.0. The van der Waals surface area contributed by atoms with Gasteiger partial charge in [-0.15, -0.1) is 0 Å². The van der Waals surface area contributed by atoms with Crippen molar-refractivity contribution in [3.05, 3.63) is 131 Å². The number of para-hydroxylation sites is 1. The summed E-state index contributed by atoms with van der Waals surface area (Å²) in [5, 5.41) is 11.4. The molecule has 0 aliphatic carbocycles. The molecule has 1 unspecified atom stereocenters. The fraction of sp³-hybridized carbons (Fsp3) is 0.152. The Morgan fingerprint density at radius 1 is 0.795 bits per heavy atom. The number of hydrogen-bond acceptors (Lipinski definition) is 5. The average Bonchev–Trinajstić information content (AvgIpc) is 3.22. The molecule has 196 valence electrons. The second-order valence-corrected chi connectivity index (χ2v) is 9.18. The monoisotopic (exact) mass is 519 g/mol. The summed E-state index contributed by atoms with van der Waals surface area (Å²) < 4.78 is 11.6. The molecule has 4 aromatic carbocycles. The minimum absolute atomic E-state index is 0.0403. The summed E-state index contributed by atoms with van der Waals surface area (Å²) >= 11 is 0. The number of ether oxygens (including phenoxy) is 2. The lowest BCUT2D eigenvalue weighted by Crippen LogP contribution is -2.31. The largest absolute Gasteiger partial charge is 0.507 e. The molecule has 1 aliphatic rings. The van der Waals surface area contributed by atoms with Crippen LogP contribution in [0.15, 0.2) is 115 Å². The van der Waals surface area contributed by atoms with Crippen molar-refractivity contribution in [2.24, 2.45) is 0 Å². The Morgan fingerprint density at radius 3 is 2.21 bits per heavy atom. The van der Waals surface area contributed by atoms with Gasteiger partial charge in [0.25, 0.3) is 11.7 Å². The highest BCUT2D eigenvalue weighted by Crippen LogP contribution is 2.41. The number of benzene rings is 4. The van der Waals surface area contributed by atoms with Gasteiger partial charge in [-0.2, -0.15) is 0 Å². The smallest absolute Gasteiger partial charge is 0.295 e. The van der Waals surface area contributed by atoms with Gasteiger partial charge in [-0.3, -0.25) is 9.59 Å². The number of amides is 1. The number of rotatable bonds is 9. The zero-order valence-corrected chi connectivity index (χ0v) is 21.6. The van der Waals surface area contributed by atoms with Crippen molar-refractivity contribution >= 4 is 17.4 Å². The second kappa shape index (κ2) is 11.7. The van der Waals surface area contributed by atoms with E-state index in [0.717, 1.165) is 5.56 Å². The van der Waals surface area contributed by atoms with Gasteiger partial charge in [0.05, 0.1) is 18.2 Å². The number of aliphatic hydroxyl groups is 1. The van der Waals surface area contributed by atoms with Crippen LogP contribution in [0, 0.1) is 0 Å². The summed E-state index contributed by atoms with van der Waals surface area (Å²) in [7, 11) is 0. The van der Waals surface area contributed by atoms with E-state index in [2.05, 4.69) is 0 Å². The van der Waals surface area contributed by atoms with Crippen LogP contribution in [0.5, 0.6) is 17.2 Å². The van der Waals surface area contributed by atoms with Crippen LogP contribution in [0.2, 0.25) is 0 Å². The minimum Gasteiger partial charge on any atom is -0.507 e. The summed E-state index contributed by atoms with van der Waals surface area (Å²) in [6.07, 6.45) is 0.560. The summed E-state index contributed by atoms with van der Waals surface area (Å²) in [5.74, 6) is 0.187. The van der Waals surface area contributed by atoms with Crippen molar-refractivity contribution < 1.29 is 24.2 Å². The molecule has 1 saturated heterocycles. The first-order valence-electron chi connectivity index (χ1n) is 12.9. The minimum atomic E-state index is -0.788. The first-order valence-corrected chi connectivity index (χ1v) is 12.9. The van der Waals surface area contributed by atoms with E-state index in [1.54, 1.807) is 24.3 Å². The number of Topliss-reactive ketones (excluding diaryl/α,β-unsaturated/α-hetero) is 1. The highest BCUT2D eigenvalue weighted by atomic mass is 16.5. The van der Waals surface area contributed by atoms with Gasteiger partial charge in [-0.1, -0.05) is 72.8 Å². The van der Waals surface area contributed by atoms with Crippen molar-refractivity contribution in [1.82, 2.24) is 4.90 Å². The lowest BCUT2D eigenvalue weighted by atomic mass is 9.95. The van der Waals surface area contributed by atoms with Crippen LogP contribution >= 0.6 is 0 Å². The number of carbonyl (C=O) groups is 2. The highest BCUT2D eigenvalue weighted by molar-refractivity contribution is 6.46. The van der Waals surface area contributed by atoms with Gasteiger partial charge in [0.1, 0.15) is 23.0 Å². The molecule has 1 N–H and O–H groups in total. The zero-order valence-electron chi connectivity index (χ0n) is 21.6. The third kappa shape index (κ3) is 5.70. The van der Waals surface area contributed by atoms with Crippen LogP contribution in [0.3, 0.4) is 0 Å². The van der Waals surface area contributed by atoms with Crippen LogP contribution in [0.1, 0.15) is 29.7 Å². The van der Waals surface area contributed by atoms with Crippen molar-refractivity contribution in [3.63, 3.8) is 0 Å². The predicted octanol–water partition coefficient (Wildman–Crippen LogP) is 6.54. The van der Waals surface area contributed by atoms with E-state index in [-0.39, 0.29) is 11.3 Å². The molecule has 1 atom stereocenters. The predicted molar refractivity (Wildman–Crippen MR) is 150 cm³/mol. The number of likely N-dealkylation sites (tertiary alicyclic amines) is 1. The molecular weight excluding hydrogens is 490 g/mol. The Bertz CT molecular complexity index is 1500. The van der Waals surface area contributed by atoms with Gasteiger partial charge in [-0.05, 0) is 60.9 Å². The number of nitrogens with zero attached hydrogens (tertiary/aromatic N) is 1. The van der Waals surface area contributed by atoms with Crippen molar-refractivity contribution in [2.75, 3.05) is 13.2 Å². The lowest BCUT2D eigenvalue weighted by molar-refractivity contribution is -0.139. The van der Waals surface area contributed by atoms with Crippen molar-refractivity contribution in [3.8, 4) is 17.2 Å². The molecule has 0 aromatic heterocycles. The van der Waals surface area contributed by atoms with Crippen LogP contribution in [-0.2, 0) is 16.0 Å². The molecule has 6 nitrogen and oxygen atoms in total. The Balaban J connectivity index is 1.57. The van der Waals surface area contributed by atoms with Crippen molar-refractivity contribution in [1.29, 1.82) is 0 Å². The van der Waals surface area contributed by atoms with E-state index < -0.39 is 17.7 Å². The Labute approximate surface area is 227 Å². The Hall–Kier alpha value is -4.84. The van der Waals surface area contributed by atoms with E-state index in [9.17, 15) is 14.7 Å². The normalized spacial score (nSPS) is 16.3.